The fourth-order valence-electron chi connectivity index (χ4n) is 1.25. The van der Waals surface area contributed by atoms with Gasteiger partial charge in [0.05, 0.1) is 32.3 Å². The van der Waals surface area contributed by atoms with Crippen LogP contribution in [0, 0.1) is 11.3 Å². The van der Waals surface area contributed by atoms with Crippen molar-refractivity contribution in [2.45, 2.75) is 12.8 Å². The highest BCUT2D eigenvalue weighted by molar-refractivity contribution is 5.39. The Bertz CT molecular complexity index is 416. The van der Waals surface area contributed by atoms with Crippen LogP contribution >= 0.6 is 0 Å². The molecule has 1 aromatic rings. The van der Waals surface area contributed by atoms with Crippen LogP contribution in [0.5, 0.6) is 11.8 Å². The van der Waals surface area contributed by atoms with Gasteiger partial charge in [-0.25, -0.2) is 8.78 Å². The van der Waals surface area contributed by atoms with Crippen LogP contribution in [-0.2, 0) is 6.42 Å². The lowest BCUT2D eigenvalue weighted by Gasteiger charge is -2.11. The van der Waals surface area contributed by atoms with E-state index in [2.05, 4.69) is 4.98 Å². The molecule has 0 spiro atoms. The number of alkyl halides is 2. The summed E-state index contributed by atoms with van der Waals surface area (Å²) in [7, 11) is 2.60. The SMILES string of the molecule is COc1nc(OC)c(C(F)F)cc1CC#N. The second kappa shape index (κ2) is 5.26. The van der Waals surface area contributed by atoms with E-state index in [1.165, 1.54) is 20.3 Å². The molecule has 4 nitrogen and oxygen atoms in total. The average Bonchev–Trinajstić information content (AvgIpc) is 2.28. The first-order chi connectivity index (χ1) is 7.63. The summed E-state index contributed by atoms with van der Waals surface area (Å²) in [5, 5.41) is 8.54. The van der Waals surface area contributed by atoms with Crippen LogP contribution in [0.25, 0.3) is 0 Å². The topological polar surface area (TPSA) is 55.1 Å². The first-order valence-electron chi connectivity index (χ1n) is 4.41. The van der Waals surface area contributed by atoms with Crippen LogP contribution < -0.4 is 9.47 Å². The van der Waals surface area contributed by atoms with Crippen molar-refractivity contribution in [1.29, 1.82) is 5.26 Å². The lowest BCUT2D eigenvalue weighted by Crippen LogP contribution is -2.02. The van der Waals surface area contributed by atoms with Crippen LogP contribution in [0.2, 0.25) is 0 Å². The maximum Gasteiger partial charge on any atom is 0.269 e. The molecule has 16 heavy (non-hydrogen) atoms. The fourth-order valence-corrected chi connectivity index (χ4v) is 1.25. The normalized spacial score (nSPS) is 10.0. The third-order valence-electron chi connectivity index (χ3n) is 1.95. The van der Waals surface area contributed by atoms with E-state index < -0.39 is 6.43 Å². The molecule has 0 fully saturated rings. The lowest BCUT2D eigenvalue weighted by atomic mass is 10.1. The molecule has 0 N–H and O–H groups in total. The van der Waals surface area contributed by atoms with Crippen molar-refractivity contribution < 1.29 is 18.3 Å². The minimum absolute atomic E-state index is 0.0418. The summed E-state index contributed by atoms with van der Waals surface area (Å²) in [6.45, 7) is 0. The smallest absolute Gasteiger partial charge is 0.269 e. The molecule has 0 bridgehead atoms. The highest BCUT2D eigenvalue weighted by Crippen LogP contribution is 2.31. The van der Waals surface area contributed by atoms with Crippen molar-refractivity contribution in [3.05, 3.63) is 17.2 Å². The van der Waals surface area contributed by atoms with Crippen LogP contribution in [-0.4, -0.2) is 19.2 Å². The molecule has 6 heteroatoms. The van der Waals surface area contributed by atoms with Gasteiger partial charge in [0.2, 0.25) is 11.8 Å². The highest BCUT2D eigenvalue weighted by atomic mass is 19.3. The van der Waals surface area contributed by atoms with E-state index in [1.54, 1.807) is 0 Å². The fraction of sp³-hybridized carbons (Fsp3) is 0.400. The number of hydrogen-bond acceptors (Lipinski definition) is 4. The van der Waals surface area contributed by atoms with Crippen molar-refractivity contribution in [1.82, 2.24) is 4.98 Å². The lowest BCUT2D eigenvalue weighted by molar-refractivity contribution is 0.145. The Labute approximate surface area is 91.4 Å². The minimum atomic E-state index is -2.70. The van der Waals surface area contributed by atoms with Crippen LogP contribution in [0.4, 0.5) is 8.78 Å². The molecule has 0 aromatic carbocycles. The Morgan fingerprint density at radius 2 is 2.00 bits per heavy atom. The predicted molar refractivity (Wildman–Crippen MR) is 51.6 cm³/mol. The van der Waals surface area contributed by atoms with E-state index >= 15 is 0 Å². The number of nitriles is 1. The van der Waals surface area contributed by atoms with Gasteiger partial charge in [0, 0.05) is 5.56 Å². The first-order valence-corrected chi connectivity index (χ1v) is 4.41. The molecule has 0 aliphatic rings. The molecular formula is C10H10F2N2O2. The molecule has 0 aliphatic carbocycles. The molecule has 1 rings (SSSR count). The minimum Gasteiger partial charge on any atom is -0.481 e. The van der Waals surface area contributed by atoms with Gasteiger partial charge in [0.25, 0.3) is 6.43 Å². The Morgan fingerprint density at radius 1 is 1.38 bits per heavy atom. The summed E-state index contributed by atoms with van der Waals surface area (Å²) in [5.41, 5.74) is -0.0188. The van der Waals surface area contributed by atoms with E-state index in [-0.39, 0.29) is 23.7 Å². The monoisotopic (exact) mass is 228 g/mol. The average molecular weight is 228 g/mol. The number of hydrogen-bond donors (Lipinski definition) is 0. The second-order valence-electron chi connectivity index (χ2n) is 2.89. The van der Waals surface area contributed by atoms with Crippen LogP contribution in [0.1, 0.15) is 17.6 Å². The molecule has 0 radical (unpaired) electrons. The highest BCUT2D eigenvalue weighted by Gasteiger charge is 2.19. The van der Waals surface area contributed by atoms with Crippen molar-refractivity contribution in [2.24, 2.45) is 0 Å². The Kier molecular flexibility index (Phi) is 4.00. The van der Waals surface area contributed by atoms with Gasteiger partial charge >= 0.3 is 0 Å². The van der Waals surface area contributed by atoms with Gasteiger partial charge in [0.1, 0.15) is 0 Å². The van der Waals surface area contributed by atoms with E-state index in [0.717, 1.165) is 0 Å². The molecule has 0 saturated heterocycles. The number of rotatable bonds is 4. The first kappa shape index (κ1) is 12.2. The number of ether oxygens (including phenoxy) is 2. The molecule has 0 amide bonds. The third-order valence-corrected chi connectivity index (χ3v) is 1.95. The summed E-state index contributed by atoms with van der Waals surface area (Å²) < 4.78 is 34.9. The Hall–Kier alpha value is -1.90. The van der Waals surface area contributed by atoms with E-state index in [0.29, 0.717) is 5.56 Å². The van der Waals surface area contributed by atoms with Gasteiger partial charge in [-0.3, -0.25) is 0 Å². The summed E-state index contributed by atoms with van der Waals surface area (Å²) in [6.07, 6.45) is -2.74. The summed E-state index contributed by atoms with van der Waals surface area (Å²) in [6, 6.07) is 3.04. The largest absolute Gasteiger partial charge is 0.481 e. The summed E-state index contributed by atoms with van der Waals surface area (Å²) in [4.78, 5) is 3.77. The van der Waals surface area contributed by atoms with E-state index in [4.69, 9.17) is 14.7 Å². The second-order valence-corrected chi connectivity index (χ2v) is 2.89. The van der Waals surface area contributed by atoms with Crippen molar-refractivity contribution in [3.8, 4) is 17.8 Å². The Balaban J connectivity index is 3.30. The molecule has 1 heterocycles. The number of methoxy groups -OCH3 is 2. The van der Waals surface area contributed by atoms with Gasteiger partial charge in [-0.05, 0) is 6.07 Å². The number of pyridine rings is 1. The summed E-state index contributed by atoms with van der Waals surface area (Å²) >= 11 is 0. The van der Waals surface area contributed by atoms with Crippen molar-refractivity contribution in [3.63, 3.8) is 0 Å². The quantitative estimate of drug-likeness (QED) is 0.791. The van der Waals surface area contributed by atoms with Gasteiger partial charge in [-0.1, -0.05) is 0 Å². The van der Waals surface area contributed by atoms with Gasteiger partial charge in [-0.2, -0.15) is 10.2 Å². The molecule has 0 aliphatic heterocycles. The van der Waals surface area contributed by atoms with Crippen LogP contribution in [0.15, 0.2) is 6.07 Å². The molecule has 0 unspecified atom stereocenters. The number of nitrogens with zero attached hydrogens (tertiary/aromatic N) is 2. The third kappa shape index (κ3) is 2.37. The number of halogens is 2. The van der Waals surface area contributed by atoms with Crippen LogP contribution in [0.3, 0.4) is 0 Å². The molecule has 86 valence electrons. The molecule has 0 saturated carbocycles. The maximum absolute atomic E-state index is 12.6. The zero-order valence-electron chi connectivity index (χ0n) is 8.83. The van der Waals surface area contributed by atoms with E-state index in [1.807, 2.05) is 6.07 Å². The Morgan fingerprint density at radius 3 is 2.44 bits per heavy atom. The van der Waals surface area contributed by atoms with Gasteiger partial charge in [0.15, 0.2) is 0 Å². The predicted octanol–water partition coefficient (Wildman–Crippen LogP) is 2.10. The molecule has 0 atom stereocenters. The zero-order valence-corrected chi connectivity index (χ0v) is 8.83. The van der Waals surface area contributed by atoms with Crippen molar-refractivity contribution in [2.75, 3.05) is 14.2 Å². The maximum atomic E-state index is 12.6. The zero-order chi connectivity index (χ0) is 12.1. The standard InChI is InChI=1S/C10H10F2N2O2/c1-15-9-6(3-4-13)5-7(8(11)12)10(14-9)16-2/h5,8H,3H2,1-2H3. The number of aromatic nitrogens is 1. The van der Waals surface area contributed by atoms with E-state index in [9.17, 15) is 8.78 Å². The van der Waals surface area contributed by atoms with Gasteiger partial charge < -0.3 is 9.47 Å². The molecule has 1 aromatic heterocycles. The van der Waals surface area contributed by atoms with Crippen molar-refractivity contribution >= 4 is 0 Å². The molecular weight excluding hydrogens is 218 g/mol. The van der Waals surface area contributed by atoms with Gasteiger partial charge in [-0.15, -0.1) is 0 Å². The summed E-state index contributed by atoms with van der Waals surface area (Å²) in [5.74, 6) is -0.0589.